The molecular weight excluding hydrogens is 310 g/mol. The van der Waals surface area contributed by atoms with Crippen molar-refractivity contribution < 1.29 is 0 Å². The smallest absolute Gasteiger partial charge is 0.0726 e. The SMILES string of the molecule is NCCc1nn2c(c1-c1ccc(Br)s1)CCCC2. The number of thiophene rings is 1. The molecule has 3 rings (SSSR count). The van der Waals surface area contributed by atoms with Crippen molar-refractivity contribution in [2.24, 2.45) is 5.73 Å². The van der Waals surface area contributed by atoms with Crippen LogP contribution in [0.4, 0.5) is 0 Å². The van der Waals surface area contributed by atoms with Gasteiger partial charge in [-0.25, -0.2) is 0 Å². The molecule has 0 bridgehead atoms. The molecule has 0 aliphatic carbocycles. The van der Waals surface area contributed by atoms with Crippen molar-refractivity contribution in [3.8, 4) is 10.4 Å². The lowest BCUT2D eigenvalue weighted by Crippen LogP contribution is -2.11. The third kappa shape index (κ3) is 2.15. The summed E-state index contributed by atoms with van der Waals surface area (Å²) in [5.41, 5.74) is 9.63. The number of hydrogen-bond acceptors (Lipinski definition) is 3. The Hall–Kier alpha value is -0.650. The zero-order valence-corrected chi connectivity index (χ0v) is 12.6. The molecule has 0 amide bonds. The molecule has 0 fully saturated rings. The van der Waals surface area contributed by atoms with Crippen LogP contribution in [0.1, 0.15) is 24.2 Å². The quantitative estimate of drug-likeness (QED) is 0.941. The van der Waals surface area contributed by atoms with Gasteiger partial charge >= 0.3 is 0 Å². The van der Waals surface area contributed by atoms with Crippen LogP contribution in [0, 0.1) is 0 Å². The van der Waals surface area contributed by atoms with E-state index < -0.39 is 0 Å². The number of aryl methyl sites for hydroxylation is 1. The van der Waals surface area contributed by atoms with Crippen LogP contribution in [0.15, 0.2) is 15.9 Å². The van der Waals surface area contributed by atoms with Crippen molar-refractivity contribution in [3.05, 3.63) is 27.3 Å². The minimum Gasteiger partial charge on any atom is -0.330 e. The summed E-state index contributed by atoms with van der Waals surface area (Å²) in [6.45, 7) is 1.72. The third-order valence-electron chi connectivity index (χ3n) is 3.36. The minimum absolute atomic E-state index is 0.663. The Morgan fingerprint density at radius 2 is 2.28 bits per heavy atom. The molecule has 0 spiro atoms. The third-order valence-corrected chi connectivity index (χ3v) is 5.01. The summed E-state index contributed by atoms with van der Waals surface area (Å²) in [7, 11) is 0. The highest BCUT2D eigenvalue weighted by molar-refractivity contribution is 9.11. The lowest BCUT2D eigenvalue weighted by Gasteiger charge is -2.14. The number of nitrogens with two attached hydrogens (primary N) is 1. The highest BCUT2D eigenvalue weighted by atomic mass is 79.9. The monoisotopic (exact) mass is 325 g/mol. The number of rotatable bonds is 3. The Morgan fingerprint density at radius 3 is 3.00 bits per heavy atom. The van der Waals surface area contributed by atoms with Gasteiger partial charge in [-0.05, 0) is 53.9 Å². The summed E-state index contributed by atoms with van der Waals surface area (Å²) in [4.78, 5) is 1.31. The Labute approximate surface area is 119 Å². The van der Waals surface area contributed by atoms with Crippen LogP contribution < -0.4 is 5.73 Å². The Balaban J connectivity index is 2.12. The summed E-state index contributed by atoms with van der Waals surface area (Å²) >= 11 is 5.32. The molecule has 0 saturated carbocycles. The Kier molecular flexibility index (Phi) is 3.54. The largest absolute Gasteiger partial charge is 0.330 e. The summed E-state index contributed by atoms with van der Waals surface area (Å²) in [5, 5.41) is 4.75. The molecule has 0 atom stereocenters. The molecule has 2 aromatic heterocycles. The predicted molar refractivity (Wildman–Crippen MR) is 78.9 cm³/mol. The van der Waals surface area contributed by atoms with Crippen molar-refractivity contribution >= 4 is 27.3 Å². The topological polar surface area (TPSA) is 43.8 Å². The van der Waals surface area contributed by atoms with Gasteiger partial charge in [-0.2, -0.15) is 5.10 Å². The average molecular weight is 326 g/mol. The molecule has 2 N–H and O–H groups in total. The molecule has 0 unspecified atom stereocenters. The van der Waals surface area contributed by atoms with Gasteiger partial charge in [0, 0.05) is 29.1 Å². The second kappa shape index (κ2) is 5.15. The number of nitrogens with zero attached hydrogens (tertiary/aromatic N) is 2. The number of aromatic nitrogens is 2. The second-order valence-electron chi connectivity index (χ2n) is 4.59. The molecule has 0 aromatic carbocycles. The number of halogens is 1. The number of fused-ring (bicyclic) bond motifs is 1. The van der Waals surface area contributed by atoms with E-state index in [9.17, 15) is 0 Å². The molecule has 18 heavy (non-hydrogen) atoms. The average Bonchev–Trinajstić information content (AvgIpc) is 2.92. The van der Waals surface area contributed by atoms with E-state index in [4.69, 9.17) is 10.8 Å². The first kappa shape index (κ1) is 12.4. The molecular formula is C13H16BrN3S. The lowest BCUT2D eigenvalue weighted by atomic mass is 10.0. The van der Waals surface area contributed by atoms with Gasteiger partial charge in [0.1, 0.15) is 0 Å². The van der Waals surface area contributed by atoms with Crippen LogP contribution in [-0.2, 0) is 19.4 Å². The van der Waals surface area contributed by atoms with Crippen molar-refractivity contribution in [2.75, 3.05) is 6.54 Å². The fourth-order valence-electron chi connectivity index (χ4n) is 2.59. The molecule has 3 heterocycles. The van der Waals surface area contributed by atoms with Crippen LogP contribution in [0.3, 0.4) is 0 Å². The fraction of sp³-hybridized carbons (Fsp3) is 0.462. The molecule has 96 valence electrons. The fourth-order valence-corrected chi connectivity index (χ4v) is 4.06. The van der Waals surface area contributed by atoms with Gasteiger partial charge in [0.15, 0.2) is 0 Å². The van der Waals surface area contributed by atoms with Crippen molar-refractivity contribution in [3.63, 3.8) is 0 Å². The van der Waals surface area contributed by atoms with Crippen LogP contribution in [-0.4, -0.2) is 16.3 Å². The lowest BCUT2D eigenvalue weighted by molar-refractivity contribution is 0.484. The van der Waals surface area contributed by atoms with Gasteiger partial charge < -0.3 is 5.73 Å². The van der Waals surface area contributed by atoms with E-state index in [2.05, 4.69) is 32.7 Å². The van der Waals surface area contributed by atoms with Crippen LogP contribution in [0.5, 0.6) is 0 Å². The summed E-state index contributed by atoms with van der Waals surface area (Å²) in [6.07, 6.45) is 4.52. The van der Waals surface area contributed by atoms with Gasteiger partial charge in [0.25, 0.3) is 0 Å². The van der Waals surface area contributed by atoms with Crippen LogP contribution >= 0.6 is 27.3 Å². The zero-order valence-electron chi connectivity index (χ0n) is 10.2. The molecule has 3 nitrogen and oxygen atoms in total. The Morgan fingerprint density at radius 1 is 1.39 bits per heavy atom. The number of hydrogen-bond donors (Lipinski definition) is 1. The van der Waals surface area contributed by atoms with E-state index in [0.717, 1.165) is 19.4 Å². The maximum atomic E-state index is 5.72. The molecule has 0 saturated heterocycles. The first-order chi connectivity index (χ1) is 8.79. The minimum atomic E-state index is 0.663. The van der Waals surface area contributed by atoms with E-state index in [1.807, 2.05) is 0 Å². The first-order valence-electron chi connectivity index (χ1n) is 6.34. The van der Waals surface area contributed by atoms with E-state index in [1.54, 1.807) is 11.3 Å². The standard InChI is InChI=1S/C13H16BrN3S/c14-12-5-4-11(18-12)13-9(6-7-15)16-17-8-2-1-3-10(13)17/h4-5H,1-3,6-8,15H2. The molecule has 1 aliphatic heterocycles. The van der Waals surface area contributed by atoms with Gasteiger partial charge in [-0.1, -0.05) is 0 Å². The maximum absolute atomic E-state index is 5.72. The van der Waals surface area contributed by atoms with E-state index in [1.165, 1.54) is 38.5 Å². The summed E-state index contributed by atoms with van der Waals surface area (Å²) < 4.78 is 3.37. The predicted octanol–water partition coefficient (Wildman–Crippen LogP) is 3.21. The van der Waals surface area contributed by atoms with Crippen LogP contribution in [0.25, 0.3) is 10.4 Å². The van der Waals surface area contributed by atoms with Gasteiger partial charge in [0.05, 0.1) is 9.48 Å². The van der Waals surface area contributed by atoms with E-state index >= 15 is 0 Å². The zero-order chi connectivity index (χ0) is 12.5. The van der Waals surface area contributed by atoms with E-state index in [0.29, 0.717) is 6.54 Å². The Bertz CT molecular complexity index is 559. The van der Waals surface area contributed by atoms with Crippen molar-refractivity contribution in [2.45, 2.75) is 32.2 Å². The normalized spacial score (nSPS) is 14.8. The van der Waals surface area contributed by atoms with Crippen LogP contribution in [0.2, 0.25) is 0 Å². The molecule has 0 radical (unpaired) electrons. The van der Waals surface area contributed by atoms with E-state index in [-0.39, 0.29) is 0 Å². The maximum Gasteiger partial charge on any atom is 0.0726 e. The molecule has 5 heteroatoms. The molecule has 1 aliphatic rings. The molecule has 2 aromatic rings. The van der Waals surface area contributed by atoms with Gasteiger partial charge in [0.2, 0.25) is 0 Å². The van der Waals surface area contributed by atoms with Crippen molar-refractivity contribution in [1.29, 1.82) is 0 Å². The van der Waals surface area contributed by atoms with Crippen molar-refractivity contribution in [1.82, 2.24) is 9.78 Å². The van der Waals surface area contributed by atoms with Gasteiger partial charge in [-0.3, -0.25) is 4.68 Å². The summed E-state index contributed by atoms with van der Waals surface area (Å²) in [6, 6.07) is 4.29. The highest BCUT2D eigenvalue weighted by Crippen LogP contribution is 2.37. The summed E-state index contributed by atoms with van der Waals surface area (Å²) in [5.74, 6) is 0. The van der Waals surface area contributed by atoms with Gasteiger partial charge in [-0.15, -0.1) is 11.3 Å². The first-order valence-corrected chi connectivity index (χ1v) is 7.95. The highest BCUT2D eigenvalue weighted by Gasteiger charge is 2.21. The second-order valence-corrected chi connectivity index (χ2v) is 7.05.